The fourth-order valence-electron chi connectivity index (χ4n) is 2.90. The lowest BCUT2D eigenvalue weighted by atomic mass is 10.1. The second-order valence-corrected chi connectivity index (χ2v) is 6.70. The van der Waals surface area contributed by atoms with Crippen LogP contribution in [-0.2, 0) is 6.42 Å². The van der Waals surface area contributed by atoms with E-state index in [1.807, 2.05) is 63.2 Å². The average molecular weight is 373 g/mol. The van der Waals surface area contributed by atoms with Gasteiger partial charge in [-0.05, 0) is 55.2 Å². The molecular formula is C23H23N3O2. The molecule has 0 fully saturated rings. The number of nitrogens with one attached hydrogen (secondary N) is 2. The van der Waals surface area contributed by atoms with Crippen LogP contribution in [0, 0.1) is 13.8 Å². The Labute approximate surface area is 164 Å². The fraction of sp³-hybridized carbons (Fsp3) is 0.174. The molecule has 142 valence electrons. The van der Waals surface area contributed by atoms with E-state index in [0.29, 0.717) is 11.1 Å². The molecule has 3 aromatic rings. The van der Waals surface area contributed by atoms with E-state index in [4.69, 9.17) is 0 Å². The maximum atomic E-state index is 12.6. The van der Waals surface area contributed by atoms with Crippen LogP contribution in [0.3, 0.4) is 0 Å². The summed E-state index contributed by atoms with van der Waals surface area (Å²) in [6, 6.07) is 15.1. The SMILES string of the molecule is CCc1ccccc1NC(=O)c1cncc(C(=O)Nc2cc(C)ccc2C)c1. The Kier molecular flexibility index (Phi) is 5.84. The van der Waals surface area contributed by atoms with Gasteiger partial charge in [0.15, 0.2) is 0 Å². The first kappa shape index (κ1) is 19.3. The van der Waals surface area contributed by atoms with Gasteiger partial charge in [-0.25, -0.2) is 0 Å². The van der Waals surface area contributed by atoms with Gasteiger partial charge in [0.05, 0.1) is 11.1 Å². The highest BCUT2D eigenvalue weighted by Crippen LogP contribution is 2.19. The second kappa shape index (κ2) is 8.48. The molecule has 0 atom stereocenters. The van der Waals surface area contributed by atoms with Crippen LogP contribution in [0.15, 0.2) is 60.9 Å². The van der Waals surface area contributed by atoms with Gasteiger partial charge in [-0.15, -0.1) is 0 Å². The molecular weight excluding hydrogens is 350 g/mol. The number of rotatable bonds is 5. The zero-order chi connectivity index (χ0) is 20.1. The molecule has 1 aromatic heterocycles. The summed E-state index contributed by atoms with van der Waals surface area (Å²) in [6.45, 7) is 5.93. The first-order valence-corrected chi connectivity index (χ1v) is 9.21. The van der Waals surface area contributed by atoms with Crippen molar-refractivity contribution in [2.75, 3.05) is 10.6 Å². The van der Waals surface area contributed by atoms with Gasteiger partial charge in [0.1, 0.15) is 0 Å². The molecule has 5 nitrogen and oxygen atoms in total. The number of pyridine rings is 1. The van der Waals surface area contributed by atoms with E-state index < -0.39 is 0 Å². The van der Waals surface area contributed by atoms with Crippen LogP contribution in [0.4, 0.5) is 11.4 Å². The third-order valence-electron chi connectivity index (χ3n) is 4.55. The minimum absolute atomic E-state index is 0.296. The van der Waals surface area contributed by atoms with E-state index in [9.17, 15) is 9.59 Å². The lowest BCUT2D eigenvalue weighted by Crippen LogP contribution is -2.17. The molecule has 2 amide bonds. The molecule has 0 aliphatic rings. The van der Waals surface area contributed by atoms with Crippen molar-refractivity contribution in [3.63, 3.8) is 0 Å². The molecule has 0 spiro atoms. The number of para-hydroxylation sites is 1. The third kappa shape index (κ3) is 4.43. The number of carbonyl (C=O) groups is 2. The predicted molar refractivity (Wildman–Crippen MR) is 112 cm³/mol. The highest BCUT2D eigenvalue weighted by Gasteiger charge is 2.13. The van der Waals surface area contributed by atoms with Crippen molar-refractivity contribution in [1.29, 1.82) is 0 Å². The molecule has 5 heteroatoms. The number of aromatic nitrogens is 1. The van der Waals surface area contributed by atoms with Crippen molar-refractivity contribution in [2.45, 2.75) is 27.2 Å². The van der Waals surface area contributed by atoms with Gasteiger partial charge in [-0.1, -0.05) is 37.3 Å². The van der Waals surface area contributed by atoms with Crippen molar-refractivity contribution in [2.24, 2.45) is 0 Å². The van der Waals surface area contributed by atoms with Crippen molar-refractivity contribution >= 4 is 23.2 Å². The molecule has 2 aromatic carbocycles. The van der Waals surface area contributed by atoms with Gasteiger partial charge in [0.25, 0.3) is 11.8 Å². The van der Waals surface area contributed by atoms with Crippen LogP contribution >= 0.6 is 0 Å². The number of carbonyl (C=O) groups excluding carboxylic acids is 2. The second-order valence-electron chi connectivity index (χ2n) is 6.70. The van der Waals surface area contributed by atoms with Crippen molar-refractivity contribution in [3.05, 3.63) is 88.7 Å². The summed E-state index contributed by atoms with van der Waals surface area (Å²) in [5.74, 6) is -0.598. The number of anilines is 2. The summed E-state index contributed by atoms with van der Waals surface area (Å²) >= 11 is 0. The lowest BCUT2D eigenvalue weighted by molar-refractivity contribution is 0.102. The molecule has 0 saturated heterocycles. The van der Waals surface area contributed by atoms with E-state index in [0.717, 1.165) is 34.5 Å². The highest BCUT2D eigenvalue weighted by molar-refractivity contribution is 6.08. The first-order chi connectivity index (χ1) is 13.5. The summed E-state index contributed by atoms with van der Waals surface area (Å²) in [5, 5.41) is 5.79. The summed E-state index contributed by atoms with van der Waals surface area (Å²) in [6.07, 6.45) is 3.73. The first-order valence-electron chi connectivity index (χ1n) is 9.21. The Balaban J connectivity index is 1.78. The Morgan fingerprint density at radius 2 is 1.50 bits per heavy atom. The van der Waals surface area contributed by atoms with Crippen LogP contribution in [0.2, 0.25) is 0 Å². The van der Waals surface area contributed by atoms with E-state index >= 15 is 0 Å². The maximum Gasteiger partial charge on any atom is 0.257 e. The summed E-state index contributed by atoms with van der Waals surface area (Å²) in [4.78, 5) is 29.3. The van der Waals surface area contributed by atoms with Gasteiger partial charge in [-0.2, -0.15) is 0 Å². The van der Waals surface area contributed by atoms with Gasteiger partial charge >= 0.3 is 0 Å². The van der Waals surface area contributed by atoms with Gasteiger partial charge in [0, 0.05) is 23.8 Å². The van der Waals surface area contributed by atoms with E-state index in [1.165, 1.54) is 12.4 Å². The van der Waals surface area contributed by atoms with Crippen LogP contribution in [0.25, 0.3) is 0 Å². The molecule has 2 N–H and O–H groups in total. The molecule has 0 bridgehead atoms. The van der Waals surface area contributed by atoms with Crippen LogP contribution < -0.4 is 10.6 Å². The van der Waals surface area contributed by atoms with Gasteiger partial charge in [0.2, 0.25) is 0 Å². The molecule has 0 unspecified atom stereocenters. The molecule has 0 saturated carbocycles. The highest BCUT2D eigenvalue weighted by atomic mass is 16.2. The number of aryl methyl sites for hydroxylation is 3. The molecule has 0 aliphatic heterocycles. The molecule has 28 heavy (non-hydrogen) atoms. The fourth-order valence-corrected chi connectivity index (χ4v) is 2.90. The van der Waals surface area contributed by atoms with Gasteiger partial charge in [-0.3, -0.25) is 14.6 Å². The summed E-state index contributed by atoms with van der Waals surface area (Å²) in [5.41, 5.74) is 5.25. The van der Waals surface area contributed by atoms with Crippen LogP contribution in [0.5, 0.6) is 0 Å². The molecule has 3 rings (SSSR count). The number of hydrogen-bond acceptors (Lipinski definition) is 3. The average Bonchev–Trinajstić information content (AvgIpc) is 2.71. The summed E-state index contributed by atoms with van der Waals surface area (Å²) < 4.78 is 0. The normalized spacial score (nSPS) is 10.4. The third-order valence-corrected chi connectivity index (χ3v) is 4.55. The monoisotopic (exact) mass is 373 g/mol. The Morgan fingerprint density at radius 1 is 0.857 bits per heavy atom. The quantitative estimate of drug-likeness (QED) is 0.677. The largest absolute Gasteiger partial charge is 0.322 e. The zero-order valence-electron chi connectivity index (χ0n) is 16.2. The van der Waals surface area contributed by atoms with Gasteiger partial charge < -0.3 is 10.6 Å². The van der Waals surface area contributed by atoms with E-state index in [1.54, 1.807) is 6.07 Å². The van der Waals surface area contributed by atoms with E-state index in [2.05, 4.69) is 15.6 Å². The predicted octanol–water partition coefficient (Wildman–Crippen LogP) is 4.77. The number of amides is 2. The smallest absolute Gasteiger partial charge is 0.257 e. The number of hydrogen-bond donors (Lipinski definition) is 2. The number of benzene rings is 2. The van der Waals surface area contributed by atoms with Crippen molar-refractivity contribution in [1.82, 2.24) is 4.98 Å². The molecule has 0 radical (unpaired) electrons. The molecule has 1 heterocycles. The Hall–Kier alpha value is -3.47. The van der Waals surface area contributed by atoms with Crippen molar-refractivity contribution in [3.8, 4) is 0 Å². The Bertz CT molecular complexity index is 1030. The minimum atomic E-state index is -0.301. The van der Waals surface area contributed by atoms with Crippen LogP contribution in [-0.4, -0.2) is 16.8 Å². The zero-order valence-corrected chi connectivity index (χ0v) is 16.2. The minimum Gasteiger partial charge on any atom is -0.322 e. The maximum absolute atomic E-state index is 12.6. The Morgan fingerprint density at radius 3 is 2.18 bits per heavy atom. The lowest BCUT2D eigenvalue weighted by Gasteiger charge is -2.11. The topological polar surface area (TPSA) is 71.1 Å². The summed E-state index contributed by atoms with van der Waals surface area (Å²) in [7, 11) is 0. The van der Waals surface area contributed by atoms with Crippen LogP contribution in [0.1, 0.15) is 44.3 Å². The van der Waals surface area contributed by atoms with E-state index in [-0.39, 0.29) is 11.8 Å². The standard InChI is InChI=1S/C23H23N3O2/c1-4-17-7-5-6-8-20(17)25-22(27)18-12-19(14-24-13-18)23(28)26-21-11-15(2)9-10-16(21)3/h5-14H,4H2,1-3H3,(H,25,27)(H,26,28). The number of nitrogens with zero attached hydrogens (tertiary/aromatic N) is 1. The van der Waals surface area contributed by atoms with Crippen molar-refractivity contribution < 1.29 is 9.59 Å². The molecule has 0 aliphatic carbocycles.